The van der Waals surface area contributed by atoms with E-state index < -0.39 is 11.7 Å². The van der Waals surface area contributed by atoms with E-state index in [0.29, 0.717) is 34.0 Å². The van der Waals surface area contributed by atoms with Crippen molar-refractivity contribution in [1.82, 2.24) is 19.7 Å². The number of Topliss-reactive ketones (excluding diaryl/α,β-unsaturated/α-hetero) is 1. The van der Waals surface area contributed by atoms with Gasteiger partial charge in [0.05, 0.1) is 21.7 Å². The molecule has 4 rings (SSSR count). The van der Waals surface area contributed by atoms with Crippen molar-refractivity contribution in [3.05, 3.63) is 70.4 Å². The molecule has 1 N–H and O–H groups in total. The number of rotatable bonds is 7. The van der Waals surface area contributed by atoms with Gasteiger partial charge in [-0.1, -0.05) is 49.4 Å². The highest BCUT2D eigenvalue weighted by molar-refractivity contribution is 6.45. The van der Waals surface area contributed by atoms with E-state index in [1.54, 1.807) is 29.9 Å². The number of amides is 2. The number of aromatic nitrogens is 1. The van der Waals surface area contributed by atoms with Crippen LogP contribution in [0.3, 0.4) is 0 Å². The van der Waals surface area contributed by atoms with Crippen molar-refractivity contribution in [3.8, 4) is 0 Å². The molecule has 0 radical (unpaired) electrons. The first-order chi connectivity index (χ1) is 16.2. The van der Waals surface area contributed by atoms with E-state index >= 15 is 0 Å². The summed E-state index contributed by atoms with van der Waals surface area (Å²) in [7, 11) is 4.84. The minimum Gasteiger partial charge on any atom is -0.352 e. The first-order valence-electron chi connectivity index (χ1n) is 11.3. The van der Waals surface area contributed by atoms with Crippen LogP contribution in [0.5, 0.6) is 0 Å². The second kappa shape index (κ2) is 11.1. The van der Waals surface area contributed by atoms with Crippen LogP contribution >= 0.6 is 11.6 Å². The molecule has 1 aliphatic rings. The number of hydrogen-bond acceptors (Lipinski definition) is 4. The fourth-order valence-electron chi connectivity index (χ4n) is 4.47. The van der Waals surface area contributed by atoms with Crippen LogP contribution in [0.15, 0.2) is 48.7 Å². The number of fused-ring (bicyclic) bond motifs is 1. The fraction of sp³-hybridized carbons (Fsp3) is 0.370. The summed E-state index contributed by atoms with van der Waals surface area (Å²) < 4.78 is 1.74. The highest BCUT2D eigenvalue weighted by Gasteiger charge is 2.26. The molecule has 7 nitrogen and oxygen atoms in total. The van der Waals surface area contributed by atoms with Gasteiger partial charge in [0.1, 0.15) is 0 Å². The first-order valence-corrected chi connectivity index (χ1v) is 11.7. The number of likely N-dealkylation sites (tertiary alicyclic amines) is 1. The zero-order valence-electron chi connectivity index (χ0n) is 19.7. The van der Waals surface area contributed by atoms with Crippen molar-refractivity contribution < 1.29 is 14.4 Å². The summed E-state index contributed by atoms with van der Waals surface area (Å²) in [5, 5.41) is 3.85. The van der Waals surface area contributed by atoms with Crippen molar-refractivity contribution >= 4 is 40.1 Å². The van der Waals surface area contributed by atoms with Crippen LogP contribution in [0.2, 0.25) is 5.02 Å². The number of hydrogen-bond donors (Lipinski definition) is 1. The number of nitrogens with one attached hydrogen (secondary N) is 1. The Morgan fingerprint density at radius 2 is 1.83 bits per heavy atom. The predicted octanol–water partition coefficient (Wildman–Crippen LogP) is 3.99. The fourth-order valence-corrected chi connectivity index (χ4v) is 4.72. The lowest BCUT2D eigenvalue weighted by Crippen LogP contribution is -2.31. The molecule has 0 saturated carbocycles. The van der Waals surface area contributed by atoms with Gasteiger partial charge in [-0.05, 0) is 36.6 Å². The molecule has 2 aromatic carbocycles. The van der Waals surface area contributed by atoms with Crippen molar-refractivity contribution in [2.75, 3.05) is 33.7 Å². The Balaban J connectivity index is 0.00000342. The van der Waals surface area contributed by atoms with Gasteiger partial charge < -0.3 is 14.8 Å². The lowest BCUT2D eigenvalue weighted by Gasteiger charge is -2.16. The number of nitrogens with zero attached hydrogens (tertiary/aromatic N) is 3. The average molecular weight is 497 g/mol. The average Bonchev–Trinajstić information content (AvgIpc) is 3.40. The Kier molecular flexibility index (Phi) is 8.35. The number of halogens is 1. The Morgan fingerprint density at radius 3 is 2.51 bits per heavy atom. The lowest BCUT2D eigenvalue weighted by molar-refractivity contribution is -0.124. The van der Waals surface area contributed by atoms with E-state index in [-0.39, 0.29) is 18.9 Å². The third-order valence-corrected chi connectivity index (χ3v) is 6.65. The van der Waals surface area contributed by atoms with Crippen molar-refractivity contribution in [2.24, 2.45) is 13.0 Å². The van der Waals surface area contributed by atoms with Crippen LogP contribution < -0.4 is 5.32 Å². The van der Waals surface area contributed by atoms with Gasteiger partial charge >= 0.3 is 0 Å². The molecule has 8 heteroatoms. The highest BCUT2D eigenvalue weighted by Crippen LogP contribution is 2.28. The van der Waals surface area contributed by atoms with Gasteiger partial charge in [-0.2, -0.15) is 0 Å². The summed E-state index contributed by atoms with van der Waals surface area (Å²) in [5.74, 6) is -1.15. The van der Waals surface area contributed by atoms with Gasteiger partial charge in [0.25, 0.3) is 17.6 Å². The van der Waals surface area contributed by atoms with E-state index in [4.69, 9.17) is 11.6 Å². The van der Waals surface area contributed by atoms with Gasteiger partial charge in [-0.3, -0.25) is 19.3 Å². The SMILES string of the molecule is C.CN(C)C(=O)C(=O)c1cn(C)c2cc(Cl)c(C(=O)NCC3CCN(Cc4ccccc4)C3)cc12. The standard InChI is InChI=1S/C26H29ClN4O3.CH4/c1-29(2)26(34)24(32)21-16-30(3)23-12-22(27)20(11-19(21)23)25(33)28-13-18-9-10-31(15-18)14-17-7-5-4-6-8-17;/h4-8,11-12,16,18H,9-10,13-15H2,1-3H3,(H,28,33);1H4. The van der Waals surface area contributed by atoms with Crippen LogP contribution in [0.4, 0.5) is 0 Å². The molecule has 1 aliphatic heterocycles. The highest BCUT2D eigenvalue weighted by atomic mass is 35.5. The molecule has 2 amide bonds. The van der Waals surface area contributed by atoms with E-state index in [0.717, 1.165) is 26.1 Å². The van der Waals surface area contributed by atoms with Crippen LogP contribution in [0, 0.1) is 5.92 Å². The maximum atomic E-state index is 13.0. The smallest absolute Gasteiger partial charge is 0.294 e. The molecule has 1 saturated heterocycles. The Morgan fingerprint density at radius 1 is 1.11 bits per heavy atom. The van der Waals surface area contributed by atoms with Crippen molar-refractivity contribution in [1.29, 1.82) is 0 Å². The maximum Gasteiger partial charge on any atom is 0.294 e. The molecule has 1 atom stereocenters. The van der Waals surface area contributed by atoms with E-state index in [1.807, 2.05) is 18.2 Å². The number of benzene rings is 2. The van der Waals surface area contributed by atoms with Crippen LogP contribution in [-0.2, 0) is 18.4 Å². The molecule has 2 heterocycles. The second-order valence-electron chi connectivity index (χ2n) is 9.12. The summed E-state index contributed by atoms with van der Waals surface area (Å²) in [6, 6.07) is 13.6. The molecular formula is C27H33ClN4O3. The largest absolute Gasteiger partial charge is 0.352 e. The molecular weight excluding hydrogens is 464 g/mol. The molecule has 1 fully saturated rings. The Hall–Kier alpha value is -3.16. The Labute approximate surface area is 211 Å². The van der Waals surface area contributed by atoms with E-state index in [9.17, 15) is 14.4 Å². The van der Waals surface area contributed by atoms with Gasteiger partial charge in [-0.25, -0.2) is 0 Å². The summed E-state index contributed by atoms with van der Waals surface area (Å²) in [4.78, 5) is 41.6. The normalized spacial score (nSPS) is 15.6. The number of carbonyl (C=O) groups is 3. The summed E-state index contributed by atoms with van der Waals surface area (Å²) in [5.41, 5.74) is 2.53. The molecule has 0 bridgehead atoms. The van der Waals surface area contributed by atoms with Crippen LogP contribution in [0.25, 0.3) is 10.9 Å². The van der Waals surface area contributed by atoms with Gasteiger partial charge in [0, 0.05) is 52.4 Å². The van der Waals surface area contributed by atoms with Gasteiger partial charge in [-0.15, -0.1) is 0 Å². The van der Waals surface area contributed by atoms with Crippen LogP contribution in [-0.4, -0.2) is 65.7 Å². The molecule has 0 spiro atoms. The summed E-state index contributed by atoms with van der Waals surface area (Å²) in [6.45, 7) is 3.38. The zero-order chi connectivity index (χ0) is 24.4. The summed E-state index contributed by atoms with van der Waals surface area (Å²) in [6.07, 6.45) is 2.62. The third-order valence-electron chi connectivity index (χ3n) is 6.34. The third kappa shape index (κ3) is 5.74. The topological polar surface area (TPSA) is 74.6 Å². The number of aryl methyl sites for hydroxylation is 1. The number of ketones is 1. The van der Waals surface area contributed by atoms with Crippen LogP contribution in [0.1, 0.15) is 40.1 Å². The molecule has 35 heavy (non-hydrogen) atoms. The second-order valence-corrected chi connectivity index (χ2v) is 9.52. The first kappa shape index (κ1) is 26.4. The summed E-state index contributed by atoms with van der Waals surface area (Å²) >= 11 is 6.44. The Bertz CT molecular complexity index is 1240. The minimum atomic E-state index is -0.617. The molecule has 3 aromatic rings. The molecule has 0 aliphatic carbocycles. The predicted molar refractivity (Wildman–Crippen MR) is 140 cm³/mol. The maximum absolute atomic E-state index is 13.0. The molecule has 186 valence electrons. The zero-order valence-corrected chi connectivity index (χ0v) is 20.4. The quantitative estimate of drug-likeness (QED) is 0.396. The lowest BCUT2D eigenvalue weighted by atomic mass is 10.0. The van der Waals surface area contributed by atoms with Crippen molar-refractivity contribution in [3.63, 3.8) is 0 Å². The van der Waals surface area contributed by atoms with E-state index in [1.165, 1.54) is 24.6 Å². The number of carbonyl (C=O) groups excluding carboxylic acids is 3. The van der Waals surface area contributed by atoms with Gasteiger partial charge in [0.15, 0.2) is 0 Å². The minimum absolute atomic E-state index is 0. The molecule has 1 aromatic heterocycles. The van der Waals surface area contributed by atoms with E-state index in [2.05, 4.69) is 22.3 Å². The molecule has 1 unspecified atom stereocenters. The van der Waals surface area contributed by atoms with Gasteiger partial charge in [0.2, 0.25) is 0 Å². The monoisotopic (exact) mass is 496 g/mol. The van der Waals surface area contributed by atoms with Crippen molar-refractivity contribution in [2.45, 2.75) is 20.4 Å². The number of likely N-dealkylation sites (N-methyl/N-ethyl adjacent to an activating group) is 1.